The molecule has 0 aliphatic rings. The first-order valence-corrected chi connectivity index (χ1v) is 16.2. The zero-order chi connectivity index (χ0) is 29.0. The Labute approximate surface area is 261 Å². The molecular formula is C39H23N3S2. The third kappa shape index (κ3) is 4.13. The lowest BCUT2D eigenvalue weighted by Gasteiger charge is -2.08. The van der Waals surface area contributed by atoms with Crippen molar-refractivity contribution in [2.24, 2.45) is 0 Å². The second kappa shape index (κ2) is 10.2. The number of thiophene rings is 2. The van der Waals surface area contributed by atoms with E-state index < -0.39 is 0 Å². The molecular weight excluding hydrogens is 575 g/mol. The van der Waals surface area contributed by atoms with E-state index in [1.165, 1.54) is 51.5 Å². The molecule has 0 atom stereocenters. The van der Waals surface area contributed by atoms with Crippen molar-refractivity contribution in [1.82, 2.24) is 15.0 Å². The van der Waals surface area contributed by atoms with E-state index in [-0.39, 0.29) is 0 Å². The lowest BCUT2D eigenvalue weighted by atomic mass is 10.00. The Balaban J connectivity index is 1.23. The van der Waals surface area contributed by atoms with Gasteiger partial charge in [0.05, 0.1) is 0 Å². The standard InChI is InChI=1S/C39H23N3S2/c1-3-11-24(12-4-1)37-40-38(25-13-5-2-6-14-25)42-39(41-37)26-21-22-34-32(23-26)31-19-10-18-30(36(31)44-34)29-17-9-16-28-27-15-7-8-20-33(27)43-35(28)29/h1-23H. The van der Waals surface area contributed by atoms with Crippen molar-refractivity contribution >= 4 is 63.0 Å². The number of hydrogen-bond donors (Lipinski definition) is 0. The Hall–Kier alpha value is -5.23. The summed E-state index contributed by atoms with van der Waals surface area (Å²) in [6.45, 7) is 0. The van der Waals surface area contributed by atoms with E-state index in [2.05, 4.69) is 78.9 Å². The number of rotatable bonds is 4. The van der Waals surface area contributed by atoms with Crippen LogP contribution >= 0.6 is 22.7 Å². The SMILES string of the molecule is c1ccc(-c2nc(-c3ccccc3)nc(-c3ccc4sc5c(-c6cccc7c6sc6ccccc67)cccc5c4c3)n2)cc1. The smallest absolute Gasteiger partial charge is 0.164 e. The molecule has 0 bridgehead atoms. The zero-order valence-electron chi connectivity index (χ0n) is 23.4. The predicted octanol–water partition coefficient (Wildman–Crippen LogP) is 11.3. The van der Waals surface area contributed by atoms with Gasteiger partial charge in [-0.15, -0.1) is 22.7 Å². The molecule has 206 valence electrons. The fraction of sp³-hybridized carbons (Fsp3) is 0. The summed E-state index contributed by atoms with van der Waals surface area (Å²) in [6.07, 6.45) is 0. The van der Waals surface area contributed by atoms with Crippen LogP contribution in [0.5, 0.6) is 0 Å². The van der Waals surface area contributed by atoms with Gasteiger partial charge in [0.2, 0.25) is 0 Å². The minimum Gasteiger partial charge on any atom is -0.208 e. The van der Waals surface area contributed by atoms with Gasteiger partial charge < -0.3 is 0 Å². The summed E-state index contributed by atoms with van der Waals surface area (Å²) >= 11 is 3.73. The maximum atomic E-state index is 4.97. The monoisotopic (exact) mass is 597 g/mol. The van der Waals surface area contributed by atoms with E-state index in [1.807, 2.05) is 83.3 Å². The van der Waals surface area contributed by atoms with Crippen LogP contribution in [0.25, 0.3) is 85.6 Å². The van der Waals surface area contributed by atoms with Crippen LogP contribution < -0.4 is 0 Å². The largest absolute Gasteiger partial charge is 0.208 e. The Kier molecular flexibility index (Phi) is 5.86. The molecule has 3 aromatic heterocycles. The van der Waals surface area contributed by atoms with Crippen LogP contribution in [0.3, 0.4) is 0 Å². The van der Waals surface area contributed by atoms with Gasteiger partial charge in [0.25, 0.3) is 0 Å². The first kappa shape index (κ1) is 25.3. The summed E-state index contributed by atoms with van der Waals surface area (Å²) in [5.74, 6) is 2.01. The number of nitrogens with zero attached hydrogens (tertiary/aromatic N) is 3. The molecule has 44 heavy (non-hydrogen) atoms. The molecule has 0 spiro atoms. The molecule has 0 saturated carbocycles. The Morgan fingerprint density at radius 2 is 0.818 bits per heavy atom. The summed E-state index contributed by atoms with van der Waals surface area (Å²) < 4.78 is 5.21. The summed E-state index contributed by atoms with van der Waals surface area (Å²) in [5.41, 5.74) is 5.48. The van der Waals surface area contributed by atoms with Gasteiger partial charge in [-0.25, -0.2) is 15.0 Å². The predicted molar refractivity (Wildman–Crippen MR) is 187 cm³/mol. The lowest BCUT2D eigenvalue weighted by molar-refractivity contribution is 1.07. The summed E-state index contributed by atoms with van der Waals surface area (Å²) in [5, 5.41) is 5.12. The summed E-state index contributed by atoms with van der Waals surface area (Å²) in [6, 6.07) is 49.0. The van der Waals surface area contributed by atoms with E-state index in [0.29, 0.717) is 17.5 Å². The molecule has 0 saturated heterocycles. The van der Waals surface area contributed by atoms with Gasteiger partial charge in [-0.1, -0.05) is 115 Å². The maximum Gasteiger partial charge on any atom is 0.164 e. The number of fused-ring (bicyclic) bond motifs is 6. The molecule has 9 aromatic rings. The first-order valence-electron chi connectivity index (χ1n) is 14.5. The number of benzene rings is 6. The lowest BCUT2D eigenvalue weighted by Crippen LogP contribution is -2.00. The first-order chi connectivity index (χ1) is 21.8. The van der Waals surface area contributed by atoms with Crippen molar-refractivity contribution in [2.75, 3.05) is 0 Å². The van der Waals surface area contributed by atoms with Crippen molar-refractivity contribution < 1.29 is 0 Å². The fourth-order valence-electron chi connectivity index (χ4n) is 6.05. The summed E-state index contributed by atoms with van der Waals surface area (Å²) in [7, 11) is 0. The number of aromatic nitrogens is 3. The molecule has 0 fully saturated rings. The topological polar surface area (TPSA) is 38.7 Å². The second-order valence-corrected chi connectivity index (χ2v) is 12.9. The van der Waals surface area contributed by atoms with Gasteiger partial charge >= 0.3 is 0 Å². The molecule has 5 heteroatoms. The zero-order valence-corrected chi connectivity index (χ0v) is 25.1. The Morgan fingerprint density at radius 3 is 1.43 bits per heavy atom. The van der Waals surface area contributed by atoms with E-state index in [4.69, 9.17) is 15.0 Å². The molecule has 0 unspecified atom stereocenters. The van der Waals surface area contributed by atoms with Gasteiger partial charge in [0.15, 0.2) is 17.5 Å². The fourth-order valence-corrected chi connectivity index (χ4v) is 8.49. The van der Waals surface area contributed by atoms with Gasteiger partial charge in [0, 0.05) is 68.2 Å². The van der Waals surface area contributed by atoms with Crippen molar-refractivity contribution in [1.29, 1.82) is 0 Å². The highest BCUT2D eigenvalue weighted by Gasteiger charge is 2.17. The summed E-state index contributed by atoms with van der Waals surface area (Å²) in [4.78, 5) is 14.8. The van der Waals surface area contributed by atoms with Crippen molar-refractivity contribution in [3.8, 4) is 45.3 Å². The highest BCUT2D eigenvalue weighted by molar-refractivity contribution is 7.27. The van der Waals surface area contributed by atoms with Gasteiger partial charge in [-0.3, -0.25) is 0 Å². The molecule has 9 rings (SSSR count). The quantitative estimate of drug-likeness (QED) is 0.203. The van der Waals surface area contributed by atoms with Crippen LogP contribution in [-0.2, 0) is 0 Å². The van der Waals surface area contributed by atoms with Crippen LogP contribution in [0.1, 0.15) is 0 Å². The highest BCUT2D eigenvalue weighted by Crippen LogP contribution is 2.45. The van der Waals surface area contributed by atoms with Gasteiger partial charge in [0.1, 0.15) is 0 Å². The van der Waals surface area contributed by atoms with Gasteiger partial charge in [-0.2, -0.15) is 0 Å². The van der Waals surface area contributed by atoms with Crippen molar-refractivity contribution in [3.63, 3.8) is 0 Å². The molecule has 0 N–H and O–H groups in total. The van der Waals surface area contributed by atoms with E-state index >= 15 is 0 Å². The maximum absolute atomic E-state index is 4.97. The number of hydrogen-bond acceptors (Lipinski definition) is 5. The average Bonchev–Trinajstić information content (AvgIpc) is 3.67. The molecule has 0 amide bonds. The molecule has 3 heterocycles. The van der Waals surface area contributed by atoms with Crippen molar-refractivity contribution in [3.05, 3.63) is 140 Å². The Morgan fingerprint density at radius 1 is 0.341 bits per heavy atom. The van der Waals surface area contributed by atoms with Crippen LogP contribution in [0, 0.1) is 0 Å². The molecule has 6 aromatic carbocycles. The minimum absolute atomic E-state index is 0.670. The van der Waals surface area contributed by atoms with E-state index in [0.717, 1.165) is 16.7 Å². The second-order valence-electron chi connectivity index (χ2n) is 10.8. The van der Waals surface area contributed by atoms with E-state index in [9.17, 15) is 0 Å². The molecule has 0 aliphatic heterocycles. The van der Waals surface area contributed by atoms with Crippen LogP contribution in [0.15, 0.2) is 140 Å². The van der Waals surface area contributed by atoms with Crippen LogP contribution in [-0.4, -0.2) is 15.0 Å². The molecule has 3 nitrogen and oxygen atoms in total. The highest BCUT2D eigenvalue weighted by atomic mass is 32.1. The third-order valence-electron chi connectivity index (χ3n) is 8.15. The third-order valence-corrected chi connectivity index (χ3v) is 10.6. The minimum atomic E-state index is 0.670. The Bertz CT molecular complexity index is 2440. The van der Waals surface area contributed by atoms with Crippen molar-refractivity contribution in [2.45, 2.75) is 0 Å². The molecule has 0 radical (unpaired) electrons. The van der Waals surface area contributed by atoms with Gasteiger partial charge in [-0.05, 0) is 24.3 Å². The average molecular weight is 598 g/mol. The van der Waals surface area contributed by atoms with Crippen LogP contribution in [0.4, 0.5) is 0 Å². The van der Waals surface area contributed by atoms with Crippen LogP contribution in [0.2, 0.25) is 0 Å². The normalized spacial score (nSPS) is 11.6. The molecule has 0 aliphatic carbocycles. The van der Waals surface area contributed by atoms with E-state index in [1.54, 1.807) is 0 Å².